The number of hydrogen-bond acceptors (Lipinski definition) is 8. The first-order valence-corrected chi connectivity index (χ1v) is 22.3. The largest absolute Gasteiger partial charge is 0.456 e. The summed E-state index contributed by atoms with van der Waals surface area (Å²) in [5, 5.41) is 6.78. The molecule has 0 aromatic heterocycles. The highest BCUT2D eigenvalue weighted by molar-refractivity contribution is 5.93. The van der Waals surface area contributed by atoms with Crippen molar-refractivity contribution in [3.63, 3.8) is 0 Å². The quantitative estimate of drug-likeness (QED) is 0.108. The highest BCUT2D eigenvalue weighted by Crippen LogP contribution is 2.37. The molecule has 0 bridgehead atoms. The fraction of sp³-hybridized carbons (Fsp3) is 0.481. The van der Waals surface area contributed by atoms with Gasteiger partial charge in [-0.25, -0.2) is 14.4 Å². The van der Waals surface area contributed by atoms with Gasteiger partial charge in [-0.3, -0.25) is 0 Å². The van der Waals surface area contributed by atoms with Crippen molar-refractivity contribution in [2.24, 2.45) is 17.8 Å². The number of piperidine rings is 2. The van der Waals surface area contributed by atoms with Crippen molar-refractivity contribution in [1.82, 2.24) is 10.6 Å². The standard InChI is InChI=1S/C52H64N2O6/c1-50(2,44-10-8-7-9-11-44)58-47(55)38-18-12-35(13-19-38)41-32-42(36-14-20-39(21-15-36)48(56)59-51(3,4)45-24-28-53-29-25-45)34-43(33-41)37-16-22-40(23-17-37)49(57)60-52(5,6)46-26-30-54-31-27-46/h12-23,32-34,44-46,53-54H,7-11,24-31H2,1-6H3. The third kappa shape index (κ3) is 10.4. The molecule has 2 aliphatic heterocycles. The highest BCUT2D eigenvalue weighted by atomic mass is 16.6. The predicted molar refractivity (Wildman–Crippen MR) is 239 cm³/mol. The summed E-state index contributed by atoms with van der Waals surface area (Å²) in [5.74, 6) is 0.0368. The van der Waals surface area contributed by atoms with E-state index in [0.717, 1.165) is 98.1 Å². The van der Waals surface area contributed by atoms with Crippen LogP contribution in [0.15, 0.2) is 91.0 Å². The minimum atomic E-state index is -0.561. The minimum absolute atomic E-state index is 0.304. The van der Waals surface area contributed by atoms with Crippen molar-refractivity contribution in [3.8, 4) is 33.4 Å². The molecule has 0 spiro atoms. The lowest BCUT2D eigenvalue weighted by Gasteiger charge is -2.36. The zero-order valence-corrected chi connectivity index (χ0v) is 36.5. The van der Waals surface area contributed by atoms with Gasteiger partial charge in [0.05, 0.1) is 16.7 Å². The van der Waals surface area contributed by atoms with E-state index >= 15 is 0 Å². The smallest absolute Gasteiger partial charge is 0.338 e. The minimum Gasteiger partial charge on any atom is -0.456 e. The summed E-state index contributed by atoms with van der Waals surface area (Å²) in [6.07, 6.45) is 9.71. The maximum Gasteiger partial charge on any atom is 0.338 e. The fourth-order valence-corrected chi connectivity index (χ4v) is 9.50. The summed E-state index contributed by atoms with van der Waals surface area (Å²) in [5.41, 5.74) is 5.62. The van der Waals surface area contributed by atoms with Crippen LogP contribution in [0.3, 0.4) is 0 Å². The number of rotatable bonds is 12. The summed E-state index contributed by atoms with van der Waals surface area (Å²) < 4.78 is 18.3. The summed E-state index contributed by atoms with van der Waals surface area (Å²) in [6, 6.07) is 29.2. The molecule has 8 heteroatoms. The molecule has 3 aliphatic rings. The molecule has 2 saturated heterocycles. The molecule has 1 saturated carbocycles. The zero-order chi connectivity index (χ0) is 42.5. The third-order valence-corrected chi connectivity index (χ3v) is 13.6. The van der Waals surface area contributed by atoms with Gasteiger partial charge in [0.15, 0.2) is 0 Å². The average molecular weight is 813 g/mol. The van der Waals surface area contributed by atoms with Gasteiger partial charge in [-0.2, -0.15) is 0 Å². The zero-order valence-electron chi connectivity index (χ0n) is 36.5. The van der Waals surface area contributed by atoms with E-state index in [2.05, 4.69) is 28.8 Å². The highest BCUT2D eigenvalue weighted by Gasteiger charge is 2.37. The fourth-order valence-electron chi connectivity index (χ4n) is 9.50. The number of benzene rings is 4. The number of carbonyl (C=O) groups excluding carboxylic acids is 3. The Morgan fingerprint density at radius 3 is 0.950 bits per heavy atom. The van der Waals surface area contributed by atoms with Crippen LogP contribution in [0.25, 0.3) is 33.4 Å². The Morgan fingerprint density at radius 2 is 0.667 bits per heavy atom. The second-order valence-electron chi connectivity index (χ2n) is 18.9. The molecule has 2 N–H and O–H groups in total. The molecule has 7 rings (SSSR count). The molecule has 4 aromatic carbocycles. The van der Waals surface area contributed by atoms with Crippen LogP contribution >= 0.6 is 0 Å². The molecule has 60 heavy (non-hydrogen) atoms. The van der Waals surface area contributed by atoms with E-state index in [0.29, 0.717) is 34.4 Å². The van der Waals surface area contributed by atoms with Crippen LogP contribution in [0.2, 0.25) is 0 Å². The van der Waals surface area contributed by atoms with E-state index in [9.17, 15) is 14.4 Å². The normalized spacial score (nSPS) is 17.5. The molecule has 0 atom stereocenters. The summed E-state index contributed by atoms with van der Waals surface area (Å²) in [6.45, 7) is 15.9. The molecule has 0 amide bonds. The van der Waals surface area contributed by atoms with Crippen molar-refractivity contribution < 1.29 is 28.6 Å². The van der Waals surface area contributed by atoms with Gasteiger partial charge in [0.2, 0.25) is 0 Å². The van der Waals surface area contributed by atoms with Crippen molar-refractivity contribution in [1.29, 1.82) is 0 Å². The molecule has 4 aromatic rings. The topological polar surface area (TPSA) is 103 Å². The summed E-state index contributed by atoms with van der Waals surface area (Å²) in [7, 11) is 0. The van der Waals surface area contributed by atoms with Crippen molar-refractivity contribution in [2.45, 2.75) is 116 Å². The molecular weight excluding hydrogens is 749 g/mol. The molecule has 2 heterocycles. The van der Waals surface area contributed by atoms with Crippen LogP contribution in [0.4, 0.5) is 0 Å². The average Bonchev–Trinajstić information content (AvgIpc) is 3.27. The van der Waals surface area contributed by atoms with Crippen molar-refractivity contribution in [3.05, 3.63) is 108 Å². The Balaban J connectivity index is 1.14. The van der Waals surface area contributed by atoms with Gasteiger partial charge in [-0.05, 0) is 200 Å². The first-order chi connectivity index (χ1) is 28.7. The maximum atomic E-state index is 13.4. The van der Waals surface area contributed by atoms with Crippen LogP contribution in [0, 0.1) is 17.8 Å². The van der Waals surface area contributed by atoms with Gasteiger partial charge in [0.25, 0.3) is 0 Å². The van der Waals surface area contributed by atoms with Crippen molar-refractivity contribution >= 4 is 17.9 Å². The van der Waals surface area contributed by atoms with E-state index in [-0.39, 0.29) is 17.9 Å². The van der Waals surface area contributed by atoms with Gasteiger partial charge in [-0.15, -0.1) is 0 Å². The Hall–Kier alpha value is -4.79. The van der Waals surface area contributed by atoms with Crippen LogP contribution in [-0.2, 0) is 14.2 Å². The lowest BCUT2D eigenvalue weighted by atomic mass is 9.79. The van der Waals surface area contributed by atoms with E-state index in [4.69, 9.17) is 14.2 Å². The molecule has 0 unspecified atom stereocenters. The third-order valence-electron chi connectivity index (χ3n) is 13.6. The van der Waals surface area contributed by atoms with Gasteiger partial charge in [-0.1, -0.05) is 55.7 Å². The molecule has 3 fully saturated rings. The van der Waals surface area contributed by atoms with E-state index in [1.54, 1.807) is 0 Å². The van der Waals surface area contributed by atoms with Gasteiger partial charge < -0.3 is 24.8 Å². The van der Waals surface area contributed by atoms with Gasteiger partial charge in [0, 0.05) is 11.8 Å². The molecular formula is C52H64N2O6. The number of carbonyl (C=O) groups is 3. The van der Waals surface area contributed by atoms with Crippen LogP contribution in [0.5, 0.6) is 0 Å². The number of ether oxygens (including phenoxy) is 3. The monoisotopic (exact) mass is 812 g/mol. The lowest BCUT2D eigenvalue weighted by molar-refractivity contribution is -0.0389. The van der Waals surface area contributed by atoms with Gasteiger partial charge >= 0.3 is 17.9 Å². The first kappa shape index (κ1) is 43.3. The van der Waals surface area contributed by atoms with Crippen LogP contribution in [0.1, 0.15) is 130 Å². The SMILES string of the molecule is CC(C)(OC(=O)c1ccc(-c2cc(-c3ccc(C(=O)OC(C)(C)C4CCNCC4)cc3)cc(-c3ccc(C(=O)OC(C)(C)C4CCNCC4)cc3)c2)cc1)C1CCCCC1. The molecule has 318 valence electrons. The predicted octanol–water partition coefficient (Wildman–Crippen LogP) is 11.1. The number of hydrogen-bond donors (Lipinski definition) is 2. The molecule has 8 nitrogen and oxygen atoms in total. The van der Waals surface area contributed by atoms with Gasteiger partial charge in [0.1, 0.15) is 16.8 Å². The number of nitrogens with one attached hydrogen (secondary N) is 2. The van der Waals surface area contributed by atoms with Crippen LogP contribution < -0.4 is 10.6 Å². The summed E-state index contributed by atoms with van der Waals surface area (Å²) in [4.78, 5) is 40.2. The first-order valence-electron chi connectivity index (χ1n) is 22.3. The second-order valence-corrected chi connectivity index (χ2v) is 18.9. The Bertz CT molecular complexity index is 1850. The number of esters is 3. The Kier molecular flexibility index (Phi) is 13.3. The maximum absolute atomic E-state index is 13.4. The van der Waals surface area contributed by atoms with E-state index in [1.807, 2.05) is 114 Å². The van der Waals surface area contributed by atoms with Crippen molar-refractivity contribution in [2.75, 3.05) is 26.2 Å². The molecule has 0 radical (unpaired) electrons. The van der Waals surface area contributed by atoms with E-state index < -0.39 is 16.8 Å². The Labute approximate surface area is 357 Å². The summed E-state index contributed by atoms with van der Waals surface area (Å²) >= 11 is 0. The lowest BCUT2D eigenvalue weighted by Crippen LogP contribution is -2.42. The van der Waals surface area contributed by atoms with Crippen LogP contribution in [-0.4, -0.2) is 60.9 Å². The van der Waals surface area contributed by atoms with E-state index in [1.165, 1.54) is 19.3 Å². The second kappa shape index (κ2) is 18.4. The molecule has 1 aliphatic carbocycles. The Morgan fingerprint density at radius 1 is 0.400 bits per heavy atom.